The van der Waals surface area contributed by atoms with Crippen LogP contribution in [0.25, 0.3) is 12.2 Å². The van der Waals surface area contributed by atoms with Gasteiger partial charge in [0, 0.05) is 11.8 Å². The molecule has 0 aliphatic heterocycles. The molecule has 0 fully saturated rings. The molecule has 0 saturated heterocycles. The van der Waals surface area contributed by atoms with Crippen molar-refractivity contribution >= 4 is 20.2 Å². The zero-order chi connectivity index (χ0) is 21.8. The van der Waals surface area contributed by atoms with Gasteiger partial charge in [-0.15, -0.1) is 0 Å². The minimum absolute atomic E-state index is 0. The van der Waals surface area contributed by atoms with Crippen molar-refractivity contribution in [3.63, 3.8) is 0 Å². The van der Waals surface area contributed by atoms with Gasteiger partial charge in [-0.2, -0.15) is 25.7 Å². The second kappa shape index (κ2) is 14.4. The maximum atomic E-state index is 2.69. The molecule has 0 bridgehead atoms. The van der Waals surface area contributed by atoms with Crippen molar-refractivity contribution in [3.05, 3.63) is 95.8 Å². The quantitative estimate of drug-likeness (QED) is 0.296. The zero-order valence-corrected chi connectivity index (χ0v) is 25.9. The fourth-order valence-electron chi connectivity index (χ4n) is 6.05. The predicted molar refractivity (Wildman–Crippen MR) is 140 cm³/mol. The van der Waals surface area contributed by atoms with Crippen LogP contribution in [0.1, 0.15) is 73.6 Å². The van der Waals surface area contributed by atoms with Crippen LogP contribution in [-0.4, -0.2) is 8.07 Å². The molecule has 2 aromatic carbocycles. The Labute approximate surface area is 241 Å². The van der Waals surface area contributed by atoms with Crippen molar-refractivity contribution in [2.75, 3.05) is 0 Å². The number of fused-ring (bicyclic) bond motifs is 2. The van der Waals surface area contributed by atoms with E-state index in [1.165, 1.54) is 24.0 Å². The summed E-state index contributed by atoms with van der Waals surface area (Å²) in [6, 6.07) is 18.2. The molecule has 4 heteroatoms. The van der Waals surface area contributed by atoms with Crippen LogP contribution in [0.15, 0.2) is 60.7 Å². The van der Waals surface area contributed by atoms with Crippen molar-refractivity contribution in [1.82, 2.24) is 0 Å². The fourth-order valence-corrected chi connectivity index (χ4v) is 10.6. The molecule has 4 atom stereocenters. The van der Waals surface area contributed by atoms with Crippen molar-refractivity contribution in [2.45, 2.75) is 75.5 Å². The van der Waals surface area contributed by atoms with Gasteiger partial charge >= 0.3 is 26.2 Å². The molecular weight excluding hydrogens is 551 g/mol. The normalized spacial score (nSPS) is 19.3. The SMILES string of the molecule is CC[CH-]CC(C1C=Cc2ccccc21)[Si](C)(C)C(C[CH-]CC)C1C=Cc2ccccc21.[Cl-].[Cl-].[Zr+4]. The summed E-state index contributed by atoms with van der Waals surface area (Å²) in [6.07, 6.45) is 19.7. The molecule has 2 aromatic rings. The van der Waals surface area contributed by atoms with Crippen LogP contribution in [0.4, 0.5) is 0 Å². The first-order chi connectivity index (χ1) is 15.1. The van der Waals surface area contributed by atoms with Gasteiger partial charge in [0.15, 0.2) is 0 Å². The average Bonchev–Trinajstić information content (AvgIpc) is 3.39. The standard InChI is InChI=1S/C30H38Si.2ClH.Zr/c1-5-7-17-29(27-21-19-23-13-9-11-15-25(23)27)31(3,4)30(18-8-6-2)28-22-20-24-14-10-12-16-26(24)28;;;/h7-16,19-22,27-30H,5-6,17-18H2,1-4H3;2*1H;/q-2;;;+4/p-2. The van der Waals surface area contributed by atoms with E-state index in [0.29, 0.717) is 11.8 Å². The van der Waals surface area contributed by atoms with E-state index in [1.807, 2.05) is 0 Å². The van der Waals surface area contributed by atoms with E-state index < -0.39 is 8.07 Å². The Bertz CT molecular complexity index is 877. The largest absolute Gasteiger partial charge is 4.00 e. The number of hydrogen-bond acceptors (Lipinski definition) is 0. The second-order valence-electron chi connectivity index (χ2n) is 9.93. The first-order valence-electron chi connectivity index (χ1n) is 12.3. The molecule has 2 aliphatic carbocycles. The molecular formula is C30H38Cl2SiZr. The number of hydrogen-bond donors (Lipinski definition) is 0. The molecule has 0 N–H and O–H groups in total. The van der Waals surface area contributed by atoms with E-state index in [-0.39, 0.29) is 51.0 Å². The van der Waals surface area contributed by atoms with Crippen LogP contribution in [-0.2, 0) is 26.2 Å². The average molecular weight is 589 g/mol. The number of rotatable bonds is 10. The van der Waals surface area contributed by atoms with Crippen LogP contribution >= 0.6 is 0 Å². The van der Waals surface area contributed by atoms with Gasteiger partial charge in [0.25, 0.3) is 0 Å². The number of halogens is 2. The van der Waals surface area contributed by atoms with E-state index >= 15 is 0 Å². The van der Waals surface area contributed by atoms with Gasteiger partial charge in [-0.25, -0.2) is 0 Å². The first-order valence-corrected chi connectivity index (χ1v) is 15.4. The molecule has 4 unspecified atom stereocenters. The Hall–Kier alpha value is -0.400. The van der Waals surface area contributed by atoms with E-state index in [9.17, 15) is 0 Å². The zero-order valence-electron chi connectivity index (χ0n) is 21.0. The maximum Gasteiger partial charge on any atom is 4.00 e. The van der Waals surface area contributed by atoms with Crippen LogP contribution in [0.2, 0.25) is 24.2 Å². The van der Waals surface area contributed by atoms with Gasteiger partial charge in [0.05, 0.1) is 8.07 Å². The molecule has 4 rings (SSSR count). The van der Waals surface area contributed by atoms with E-state index in [2.05, 4.69) is 113 Å². The fraction of sp³-hybridized carbons (Fsp3) is 0.400. The molecule has 0 radical (unpaired) electrons. The van der Waals surface area contributed by atoms with Gasteiger partial charge in [-0.05, 0) is 22.3 Å². The summed E-state index contributed by atoms with van der Waals surface area (Å²) in [4.78, 5) is 0. The van der Waals surface area contributed by atoms with E-state index in [1.54, 1.807) is 11.1 Å². The number of allylic oxidation sites excluding steroid dienone is 2. The molecule has 2 aliphatic rings. The minimum Gasteiger partial charge on any atom is -1.00 e. The molecule has 0 saturated carbocycles. The first kappa shape index (κ1) is 31.6. The summed E-state index contributed by atoms with van der Waals surface area (Å²) in [5.41, 5.74) is 7.42. The summed E-state index contributed by atoms with van der Waals surface area (Å²) in [7, 11) is -1.67. The number of benzene rings is 2. The third-order valence-corrected chi connectivity index (χ3v) is 12.9. The van der Waals surface area contributed by atoms with Gasteiger partial charge < -0.3 is 37.7 Å². The van der Waals surface area contributed by atoms with Crippen LogP contribution in [0.5, 0.6) is 0 Å². The van der Waals surface area contributed by atoms with E-state index in [4.69, 9.17) is 0 Å². The van der Waals surface area contributed by atoms with Crippen molar-refractivity contribution < 1.29 is 51.0 Å². The van der Waals surface area contributed by atoms with Gasteiger partial charge in [0.1, 0.15) is 0 Å². The van der Waals surface area contributed by atoms with E-state index in [0.717, 1.165) is 23.9 Å². The van der Waals surface area contributed by atoms with Crippen LogP contribution in [0, 0.1) is 12.8 Å². The Morgan fingerprint density at radius 1 is 0.706 bits per heavy atom. The Kier molecular flexibility index (Phi) is 13.4. The third kappa shape index (κ3) is 6.47. The molecule has 0 spiro atoms. The smallest absolute Gasteiger partial charge is 1.00 e. The van der Waals surface area contributed by atoms with Crippen molar-refractivity contribution in [3.8, 4) is 0 Å². The summed E-state index contributed by atoms with van der Waals surface area (Å²) >= 11 is 0. The monoisotopic (exact) mass is 586 g/mol. The van der Waals surface area contributed by atoms with Crippen LogP contribution in [0.3, 0.4) is 0 Å². The Balaban J connectivity index is 0.00000193. The van der Waals surface area contributed by atoms with Crippen molar-refractivity contribution in [2.24, 2.45) is 0 Å². The molecule has 180 valence electrons. The van der Waals surface area contributed by atoms with Gasteiger partial charge in [0.2, 0.25) is 0 Å². The molecule has 0 amide bonds. The van der Waals surface area contributed by atoms with Crippen molar-refractivity contribution in [1.29, 1.82) is 0 Å². The maximum absolute atomic E-state index is 2.69. The predicted octanol–water partition coefficient (Wildman–Crippen LogP) is 3.07. The second-order valence-corrected chi connectivity index (χ2v) is 15.1. The Morgan fingerprint density at radius 3 is 1.47 bits per heavy atom. The summed E-state index contributed by atoms with van der Waals surface area (Å²) in [6.45, 7) is 9.97. The topological polar surface area (TPSA) is 0 Å². The summed E-state index contributed by atoms with van der Waals surface area (Å²) < 4.78 is 0. The summed E-state index contributed by atoms with van der Waals surface area (Å²) in [5, 5.41) is 0. The molecule has 0 nitrogen and oxygen atoms in total. The minimum atomic E-state index is -1.67. The Morgan fingerprint density at radius 2 is 1.09 bits per heavy atom. The van der Waals surface area contributed by atoms with Crippen LogP contribution < -0.4 is 24.8 Å². The van der Waals surface area contributed by atoms with Gasteiger partial charge in [-0.1, -0.05) is 111 Å². The molecule has 0 aromatic heterocycles. The molecule has 0 heterocycles. The summed E-state index contributed by atoms with van der Waals surface area (Å²) in [5.74, 6) is 1.12. The number of unbranched alkanes of at least 4 members (excludes halogenated alkanes) is 2. The van der Waals surface area contributed by atoms with Gasteiger partial charge in [-0.3, -0.25) is 0 Å². The third-order valence-electron chi connectivity index (χ3n) is 7.87. The molecule has 34 heavy (non-hydrogen) atoms.